The molecule has 0 fully saturated rings. The summed E-state index contributed by atoms with van der Waals surface area (Å²) in [6.45, 7) is 4.07. The van der Waals surface area contributed by atoms with Crippen LogP contribution in [0.1, 0.15) is 33.1 Å². The van der Waals surface area contributed by atoms with Crippen LogP contribution in [0.5, 0.6) is 0 Å². The Balaban J connectivity index is 0. The molecule has 0 aliphatic heterocycles. The number of rotatable bonds is 5. The molecule has 2 N–H and O–H groups in total. The van der Waals surface area contributed by atoms with E-state index in [1.54, 1.807) is 6.92 Å². The zero-order valence-electron chi connectivity index (χ0n) is 9.03. The summed E-state index contributed by atoms with van der Waals surface area (Å²) in [6, 6.07) is 0. The average Bonchev–Trinajstić information content (AvgIpc) is 2.03. The fourth-order valence-corrected chi connectivity index (χ4v) is 1.54. The van der Waals surface area contributed by atoms with Crippen LogP contribution in [-0.2, 0) is 13.8 Å². The van der Waals surface area contributed by atoms with E-state index in [-0.39, 0.29) is 5.75 Å². The summed E-state index contributed by atoms with van der Waals surface area (Å²) < 4.78 is 24.7. The monoisotopic (exact) mass is 259 g/mol. The van der Waals surface area contributed by atoms with Crippen LogP contribution in [0.3, 0.4) is 0 Å². The fraction of sp³-hybridized carbons (Fsp3) is 0.875. The highest BCUT2D eigenvalue weighted by molar-refractivity contribution is 8.13. The molecule has 15 heavy (non-hydrogen) atoms. The van der Waals surface area contributed by atoms with E-state index in [9.17, 15) is 13.2 Å². The lowest BCUT2D eigenvalue weighted by molar-refractivity contribution is 0.163. The average molecular weight is 260 g/mol. The predicted molar refractivity (Wildman–Crippen MR) is 60.4 cm³/mol. The quantitative estimate of drug-likeness (QED) is 0.603. The van der Waals surface area contributed by atoms with Crippen molar-refractivity contribution in [2.75, 3.05) is 12.4 Å². The predicted octanol–water partition coefficient (Wildman–Crippen LogP) is 1.85. The molecule has 0 saturated carbocycles. The lowest BCUT2D eigenvalue weighted by Gasteiger charge is -1.92. The maximum atomic E-state index is 10.3. The molecule has 0 aromatic carbocycles. The van der Waals surface area contributed by atoms with E-state index >= 15 is 0 Å². The maximum absolute atomic E-state index is 10.3. The number of carbonyl (C=O) groups is 1. The highest BCUT2D eigenvalue weighted by Crippen LogP contribution is 2.02. The molecule has 0 aliphatic carbocycles. The molecular formula is C8H18ClNO4S. The van der Waals surface area contributed by atoms with Gasteiger partial charge in [0.1, 0.15) is 0 Å². The minimum absolute atomic E-state index is 0.113. The lowest BCUT2D eigenvalue weighted by Crippen LogP contribution is -2.11. The summed E-state index contributed by atoms with van der Waals surface area (Å²) in [5.74, 6) is 0.113. The van der Waals surface area contributed by atoms with Crippen LogP contribution in [0.25, 0.3) is 0 Å². The molecule has 0 aromatic rings. The van der Waals surface area contributed by atoms with Gasteiger partial charge in [0.25, 0.3) is 0 Å². The highest BCUT2D eigenvalue weighted by Gasteiger charge is 2.02. The van der Waals surface area contributed by atoms with E-state index in [2.05, 4.69) is 10.5 Å². The van der Waals surface area contributed by atoms with E-state index in [4.69, 9.17) is 10.7 Å². The maximum Gasteiger partial charge on any atom is 0.404 e. The molecule has 0 spiro atoms. The Hall–Kier alpha value is -0.490. The third-order valence-electron chi connectivity index (χ3n) is 1.28. The van der Waals surface area contributed by atoms with Gasteiger partial charge >= 0.3 is 6.09 Å². The van der Waals surface area contributed by atoms with Gasteiger partial charge < -0.3 is 10.5 Å². The molecule has 0 rings (SSSR count). The van der Waals surface area contributed by atoms with Gasteiger partial charge in [-0.3, -0.25) is 0 Å². The van der Waals surface area contributed by atoms with Crippen LogP contribution < -0.4 is 5.73 Å². The van der Waals surface area contributed by atoms with E-state index < -0.39 is 15.1 Å². The Morgan fingerprint density at radius 2 is 1.87 bits per heavy atom. The van der Waals surface area contributed by atoms with Crippen molar-refractivity contribution in [2.24, 2.45) is 5.73 Å². The molecule has 5 nitrogen and oxygen atoms in total. The molecule has 7 heteroatoms. The number of ether oxygens (including phenoxy) is 1. The molecule has 92 valence electrons. The summed E-state index contributed by atoms with van der Waals surface area (Å²) >= 11 is 0. The van der Waals surface area contributed by atoms with Crippen LogP contribution >= 0.6 is 10.7 Å². The molecule has 0 aromatic heterocycles. The minimum atomic E-state index is -3.22. The molecule has 1 amide bonds. The van der Waals surface area contributed by atoms with Crippen molar-refractivity contribution in [3.8, 4) is 0 Å². The van der Waals surface area contributed by atoms with Gasteiger partial charge in [-0.15, -0.1) is 0 Å². The van der Waals surface area contributed by atoms with Crippen molar-refractivity contribution >= 4 is 25.8 Å². The van der Waals surface area contributed by atoms with Crippen molar-refractivity contribution in [3.63, 3.8) is 0 Å². The van der Waals surface area contributed by atoms with Gasteiger partial charge in [0.2, 0.25) is 9.05 Å². The van der Waals surface area contributed by atoms with Gasteiger partial charge in [-0.05, 0) is 13.3 Å². The summed E-state index contributed by atoms with van der Waals surface area (Å²) in [7, 11) is 1.72. The SMILES string of the molecule is CCCCCS(=O)(=O)Cl.CCOC(N)=O. The molecule has 0 atom stereocenters. The Kier molecular flexibility index (Phi) is 11.3. The third kappa shape index (κ3) is 24.7. The number of hydrogen-bond acceptors (Lipinski definition) is 4. The summed E-state index contributed by atoms with van der Waals surface area (Å²) in [5, 5.41) is 0. The lowest BCUT2D eigenvalue weighted by atomic mass is 10.3. The molecule has 0 radical (unpaired) electrons. The van der Waals surface area contributed by atoms with Crippen LogP contribution in [0, 0.1) is 0 Å². The second-order valence-electron chi connectivity index (χ2n) is 2.70. The Morgan fingerprint density at radius 3 is 2.07 bits per heavy atom. The molecule has 0 heterocycles. The van der Waals surface area contributed by atoms with E-state index in [0.29, 0.717) is 13.0 Å². The third-order valence-corrected chi connectivity index (χ3v) is 2.52. The Morgan fingerprint density at radius 1 is 1.33 bits per heavy atom. The van der Waals surface area contributed by atoms with Crippen LogP contribution in [0.4, 0.5) is 4.79 Å². The van der Waals surface area contributed by atoms with Crippen molar-refractivity contribution in [2.45, 2.75) is 33.1 Å². The van der Waals surface area contributed by atoms with E-state index in [0.717, 1.165) is 12.8 Å². The number of carbonyl (C=O) groups excluding carboxylic acids is 1. The first kappa shape index (κ1) is 16.9. The zero-order valence-corrected chi connectivity index (χ0v) is 10.6. The van der Waals surface area contributed by atoms with Gasteiger partial charge in [0.05, 0.1) is 12.4 Å². The van der Waals surface area contributed by atoms with Gasteiger partial charge in [-0.2, -0.15) is 0 Å². The number of nitrogens with two attached hydrogens (primary N) is 1. The van der Waals surface area contributed by atoms with Crippen molar-refractivity contribution in [3.05, 3.63) is 0 Å². The smallest absolute Gasteiger partial charge is 0.404 e. The van der Waals surface area contributed by atoms with Gasteiger partial charge in [-0.25, -0.2) is 13.2 Å². The van der Waals surface area contributed by atoms with Crippen molar-refractivity contribution < 1.29 is 17.9 Å². The minimum Gasteiger partial charge on any atom is -0.450 e. The van der Waals surface area contributed by atoms with Gasteiger partial charge in [0.15, 0.2) is 0 Å². The second kappa shape index (κ2) is 10.0. The molecule has 0 saturated heterocycles. The molecule has 0 unspecified atom stereocenters. The molecular weight excluding hydrogens is 242 g/mol. The van der Waals surface area contributed by atoms with Gasteiger partial charge in [0, 0.05) is 10.7 Å². The molecule has 0 bridgehead atoms. The summed E-state index contributed by atoms with van der Waals surface area (Å²) in [5.41, 5.74) is 4.54. The number of hydrogen-bond donors (Lipinski definition) is 1. The molecule has 0 aliphatic rings. The number of halogens is 1. The largest absolute Gasteiger partial charge is 0.450 e. The number of primary amides is 1. The highest BCUT2D eigenvalue weighted by atomic mass is 35.7. The van der Waals surface area contributed by atoms with E-state index in [1.807, 2.05) is 6.92 Å². The zero-order chi connectivity index (χ0) is 12.3. The topological polar surface area (TPSA) is 86.5 Å². The second-order valence-corrected chi connectivity index (χ2v) is 5.60. The Labute approximate surface area is 95.3 Å². The number of unbranched alkanes of at least 4 members (excludes halogenated alkanes) is 2. The first-order valence-electron chi connectivity index (χ1n) is 4.68. The Bertz CT molecular complexity index is 253. The fourth-order valence-electron chi connectivity index (χ4n) is 0.667. The van der Waals surface area contributed by atoms with E-state index in [1.165, 1.54) is 0 Å². The van der Waals surface area contributed by atoms with Crippen LogP contribution in [0.2, 0.25) is 0 Å². The van der Waals surface area contributed by atoms with Gasteiger partial charge in [-0.1, -0.05) is 19.8 Å². The number of amides is 1. The first-order valence-corrected chi connectivity index (χ1v) is 7.15. The normalized spacial score (nSPS) is 10.1. The first-order chi connectivity index (χ1) is 6.83. The standard InChI is InChI=1S/C5H11ClO2S.C3H7NO2/c1-2-3-4-5-9(6,7)8;1-2-6-3(4)5/h2-5H2,1H3;2H2,1H3,(H2,4,5). The summed E-state index contributed by atoms with van der Waals surface area (Å²) in [6.07, 6.45) is 1.93. The van der Waals surface area contributed by atoms with Crippen molar-refractivity contribution in [1.82, 2.24) is 0 Å². The van der Waals surface area contributed by atoms with Crippen LogP contribution in [0.15, 0.2) is 0 Å². The van der Waals surface area contributed by atoms with Crippen LogP contribution in [-0.4, -0.2) is 26.9 Å². The van der Waals surface area contributed by atoms with Crippen molar-refractivity contribution in [1.29, 1.82) is 0 Å². The summed E-state index contributed by atoms with van der Waals surface area (Å²) in [4.78, 5) is 9.60.